The zero-order valence-corrected chi connectivity index (χ0v) is 6.90. The van der Waals surface area contributed by atoms with Crippen LogP contribution in [0.15, 0.2) is 0 Å². The fourth-order valence-electron chi connectivity index (χ4n) is 0.496. The van der Waals surface area contributed by atoms with Gasteiger partial charge in [0.2, 0.25) is 5.92 Å². The molecule has 0 amide bonds. The zero-order chi connectivity index (χ0) is 8.74. The summed E-state index contributed by atoms with van der Waals surface area (Å²) < 4.78 is 33.7. The molecule has 0 aliphatic carbocycles. The molecule has 0 aliphatic rings. The first-order valence-electron chi connectivity index (χ1n) is 3.51. The van der Waals surface area contributed by atoms with Gasteiger partial charge in [-0.15, -0.1) is 0 Å². The second-order valence-electron chi connectivity index (χ2n) is 2.43. The van der Waals surface area contributed by atoms with Crippen LogP contribution in [0.5, 0.6) is 0 Å². The average molecular weight is 168 g/mol. The Bertz CT molecular complexity index is 90.9. The number of hydrogen-bond donors (Lipinski definition) is 0. The van der Waals surface area contributed by atoms with Gasteiger partial charge in [0.15, 0.2) is 0 Å². The molecule has 4 heteroatoms. The van der Waals surface area contributed by atoms with Crippen LogP contribution in [0.25, 0.3) is 0 Å². The summed E-state index contributed by atoms with van der Waals surface area (Å²) in [5.41, 5.74) is 0. The first-order valence-corrected chi connectivity index (χ1v) is 3.51. The van der Waals surface area contributed by atoms with Gasteiger partial charge in [0.1, 0.15) is 0 Å². The van der Waals surface area contributed by atoms with E-state index < -0.39 is 5.92 Å². The minimum Gasteiger partial charge on any atom is -0.382 e. The third-order valence-electron chi connectivity index (χ3n) is 1.12. The van der Waals surface area contributed by atoms with Gasteiger partial charge >= 0.3 is 0 Å². The highest BCUT2D eigenvalue weighted by Crippen LogP contribution is 2.15. The van der Waals surface area contributed by atoms with Gasteiger partial charge in [-0.3, -0.25) is 0 Å². The van der Waals surface area contributed by atoms with E-state index in [0.717, 1.165) is 6.92 Å². The second-order valence-corrected chi connectivity index (χ2v) is 2.43. The zero-order valence-electron chi connectivity index (χ0n) is 6.90. The molecule has 0 saturated carbocycles. The molecule has 0 saturated heterocycles. The van der Waals surface area contributed by atoms with Gasteiger partial charge in [-0.1, -0.05) is 0 Å². The largest absolute Gasteiger partial charge is 0.382 e. The third-order valence-corrected chi connectivity index (χ3v) is 1.12. The molecule has 0 aromatic carbocycles. The maximum Gasteiger partial charge on any atom is 0.247 e. The predicted molar refractivity (Wildman–Crippen MR) is 37.9 cm³/mol. The van der Waals surface area contributed by atoms with Crippen molar-refractivity contribution in [2.75, 3.05) is 26.9 Å². The molecule has 0 spiro atoms. The van der Waals surface area contributed by atoms with Crippen molar-refractivity contribution >= 4 is 0 Å². The highest BCUT2D eigenvalue weighted by molar-refractivity contribution is 4.55. The standard InChI is InChI=1S/C7H14F2O2/c1-7(8,9)3-4-11-6-5-10-2/h3-6H2,1-2H3. The van der Waals surface area contributed by atoms with Gasteiger partial charge in [-0.25, -0.2) is 8.78 Å². The minimum atomic E-state index is -2.62. The summed E-state index contributed by atoms with van der Waals surface area (Å²) in [6, 6.07) is 0. The fraction of sp³-hybridized carbons (Fsp3) is 1.00. The Morgan fingerprint density at radius 1 is 1.18 bits per heavy atom. The molecule has 11 heavy (non-hydrogen) atoms. The lowest BCUT2D eigenvalue weighted by atomic mass is 10.3. The Kier molecular flexibility index (Phi) is 5.32. The van der Waals surface area contributed by atoms with Crippen LogP contribution in [-0.4, -0.2) is 32.9 Å². The molecule has 2 nitrogen and oxygen atoms in total. The van der Waals surface area contributed by atoms with Crippen LogP contribution >= 0.6 is 0 Å². The highest BCUT2D eigenvalue weighted by atomic mass is 19.3. The fourth-order valence-corrected chi connectivity index (χ4v) is 0.496. The van der Waals surface area contributed by atoms with Crippen LogP contribution in [0.3, 0.4) is 0 Å². The van der Waals surface area contributed by atoms with Crippen LogP contribution in [0, 0.1) is 0 Å². The van der Waals surface area contributed by atoms with Crippen molar-refractivity contribution in [2.24, 2.45) is 0 Å². The summed E-state index contributed by atoms with van der Waals surface area (Å²) in [6.07, 6.45) is -0.225. The van der Waals surface area contributed by atoms with Gasteiger partial charge in [-0.05, 0) is 6.92 Å². The molecule has 0 unspecified atom stereocenters. The molecule has 0 rings (SSSR count). The van der Waals surface area contributed by atoms with Crippen LogP contribution in [0.1, 0.15) is 13.3 Å². The van der Waals surface area contributed by atoms with E-state index in [0.29, 0.717) is 13.2 Å². The maximum absolute atomic E-state index is 12.1. The van der Waals surface area contributed by atoms with E-state index in [9.17, 15) is 8.78 Å². The Hall–Kier alpha value is -0.220. The van der Waals surface area contributed by atoms with Crippen molar-refractivity contribution in [3.8, 4) is 0 Å². The average Bonchev–Trinajstić information content (AvgIpc) is 1.85. The molecule has 0 radical (unpaired) electrons. The third kappa shape index (κ3) is 9.78. The lowest BCUT2D eigenvalue weighted by Crippen LogP contribution is -2.14. The normalized spacial score (nSPS) is 12.0. The SMILES string of the molecule is COCCOCCC(C)(F)F. The second kappa shape index (κ2) is 5.43. The molecule has 0 aromatic rings. The first kappa shape index (κ1) is 10.8. The van der Waals surface area contributed by atoms with E-state index in [-0.39, 0.29) is 13.0 Å². The highest BCUT2D eigenvalue weighted by Gasteiger charge is 2.19. The Morgan fingerprint density at radius 2 is 1.82 bits per heavy atom. The van der Waals surface area contributed by atoms with Crippen molar-refractivity contribution in [1.82, 2.24) is 0 Å². The Balaban J connectivity index is 3.02. The van der Waals surface area contributed by atoms with Crippen molar-refractivity contribution < 1.29 is 18.3 Å². The van der Waals surface area contributed by atoms with Gasteiger partial charge in [-0.2, -0.15) is 0 Å². The topological polar surface area (TPSA) is 18.5 Å². The van der Waals surface area contributed by atoms with E-state index in [2.05, 4.69) is 4.74 Å². The summed E-state index contributed by atoms with van der Waals surface area (Å²) in [5.74, 6) is -2.62. The molecule has 68 valence electrons. The smallest absolute Gasteiger partial charge is 0.247 e. The van der Waals surface area contributed by atoms with E-state index in [1.807, 2.05) is 0 Å². The van der Waals surface area contributed by atoms with E-state index >= 15 is 0 Å². The Morgan fingerprint density at radius 3 is 2.27 bits per heavy atom. The molecule has 0 N–H and O–H groups in total. The Labute approximate surface area is 65.5 Å². The van der Waals surface area contributed by atoms with Crippen LogP contribution < -0.4 is 0 Å². The number of halogens is 2. The number of methoxy groups -OCH3 is 1. The van der Waals surface area contributed by atoms with Crippen LogP contribution in [0.2, 0.25) is 0 Å². The lowest BCUT2D eigenvalue weighted by molar-refractivity contribution is -0.0227. The van der Waals surface area contributed by atoms with Gasteiger partial charge < -0.3 is 9.47 Å². The van der Waals surface area contributed by atoms with Crippen molar-refractivity contribution in [1.29, 1.82) is 0 Å². The maximum atomic E-state index is 12.1. The molecule has 0 bridgehead atoms. The van der Waals surface area contributed by atoms with E-state index in [4.69, 9.17) is 4.74 Å². The summed E-state index contributed by atoms with van der Waals surface area (Å²) in [6.45, 7) is 1.81. The van der Waals surface area contributed by atoms with Gasteiger partial charge in [0, 0.05) is 13.5 Å². The van der Waals surface area contributed by atoms with Crippen LogP contribution in [0.4, 0.5) is 8.78 Å². The number of rotatable bonds is 6. The number of alkyl halides is 2. The summed E-state index contributed by atoms with van der Waals surface area (Å²) >= 11 is 0. The molecule has 0 aliphatic heterocycles. The number of hydrogen-bond acceptors (Lipinski definition) is 2. The van der Waals surface area contributed by atoms with E-state index in [1.54, 1.807) is 0 Å². The summed E-state index contributed by atoms with van der Waals surface area (Å²) in [4.78, 5) is 0. The van der Waals surface area contributed by atoms with Crippen molar-refractivity contribution in [3.05, 3.63) is 0 Å². The predicted octanol–water partition coefficient (Wildman–Crippen LogP) is 1.69. The van der Waals surface area contributed by atoms with Crippen molar-refractivity contribution in [2.45, 2.75) is 19.3 Å². The van der Waals surface area contributed by atoms with Crippen LogP contribution in [-0.2, 0) is 9.47 Å². The monoisotopic (exact) mass is 168 g/mol. The summed E-state index contributed by atoms with van der Waals surface area (Å²) in [7, 11) is 1.54. The molecule has 0 atom stereocenters. The summed E-state index contributed by atoms with van der Waals surface area (Å²) in [5, 5.41) is 0. The quantitative estimate of drug-likeness (QED) is 0.562. The molecular formula is C7H14F2O2. The van der Waals surface area contributed by atoms with Gasteiger partial charge in [0.05, 0.1) is 19.8 Å². The number of ether oxygens (including phenoxy) is 2. The lowest BCUT2D eigenvalue weighted by Gasteiger charge is -2.09. The van der Waals surface area contributed by atoms with Gasteiger partial charge in [0.25, 0.3) is 0 Å². The molecular weight excluding hydrogens is 154 g/mol. The molecule has 0 fully saturated rings. The first-order chi connectivity index (χ1) is 5.06. The van der Waals surface area contributed by atoms with E-state index in [1.165, 1.54) is 7.11 Å². The molecule has 0 aromatic heterocycles. The van der Waals surface area contributed by atoms with Crippen molar-refractivity contribution in [3.63, 3.8) is 0 Å². The minimum absolute atomic E-state index is 0.0901. The molecule has 0 heterocycles.